The summed E-state index contributed by atoms with van der Waals surface area (Å²) in [7, 11) is 0. The number of ether oxygens (including phenoxy) is 1. The third kappa shape index (κ3) is 5.72. The Morgan fingerprint density at radius 2 is 1.53 bits per heavy atom. The smallest absolute Gasteiger partial charge is 0.378 e. The molecule has 0 unspecified atom stereocenters. The molecule has 0 aliphatic carbocycles. The lowest BCUT2D eigenvalue weighted by Gasteiger charge is -2.36. The summed E-state index contributed by atoms with van der Waals surface area (Å²) in [6.45, 7) is 5.78. The fourth-order valence-electron chi connectivity index (χ4n) is 4.02. The van der Waals surface area contributed by atoms with E-state index in [2.05, 4.69) is 10.2 Å². The van der Waals surface area contributed by atoms with Crippen LogP contribution in [0.15, 0.2) is 48.5 Å². The maximum absolute atomic E-state index is 13.0. The Morgan fingerprint density at radius 3 is 2.19 bits per heavy atom. The number of benzene rings is 2. The molecule has 0 saturated carbocycles. The number of rotatable bonds is 5. The summed E-state index contributed by atoms with van der Waals surface area (Å²) >= 11 is 0. The summed E-state index contributed by atoms with van der Waals surface area (Å²) < 4.78 is 44.2. The summed E-state index contributed by atoms with van der Waals surface area (Å²) in [6.07, 6.45) is -4.35. The second kappa shape index (κ2) is 9.79. The summed E-state index contributed by atoms with van der Waals surface area (Å²) in [5, 5.41) is 2.92. The van der Waals surface area contributed by atoms with Crippen molar-refractivity contribution in [1.29, 1.82) is 0 Å². The number of carbonyl (C=O) groups is 1. The van der Waals surface area contributed by atoms with E-state index < -0.39 is 11.7 Å². The van der Waals surface area contributed by atoms with Gasteiger partial charge in [0.25, 0.3) is 0 Å². The number of hydrogen-bond donors (Lipinski definition) is 1. The van der Waals surface area contributed by atoms with Gasteiger partial charge in [-0.15, -0.1) is 0 Å². The van der Waals surface area contributed by atoms with Crippen LogP contribution in [0.25, 0.3) is 0 Å². The molecule has 0 aromatic heterocycles. The van der Waals surface area contributed by atoms with Gasteiger partial charge >= 0.3 is 6.18 Å². The number of carbonyl (C=O) groups excluding carboxylic acids is 1. The van der Waals surface area contributed by atoms with Crippen molar-refractivity contribution in [2.45, 2.75) is 6.18 Å². The van der Waals surface area contributed by atoms with E-state index in [1.165, 1.54) is 12.1 Å². The molecular weight excluding hydrogens is 421 g/mol. The number of alkyl halides is 3. The van der Waals surface area contributed by atoms with Crippen LogP contribution in [0.1, 0.15) is 5.56 Å². The van der Waals surface area contributed by atoms with Gasteiger partial charge in [0.2, 0.25) is 5.91 Å². The molecule has 0 radical (unpaired) electrons. The predicted molar refractivity (Wildman–Crippen MR) is 118 cm³/mol. The predicted octanol–water partition coefficient (Wildman–Crippen LogP) is 3.30. The summed E-state index contributed by atoms with van der Waals surface area (Å²) in [5.74, 6) is -0.100. The molecule has 2 aliphatic heterocycles. The molecule has 2 aliphatic rings. The molecule has 1 N–H and O–H groups in total. The maximum Gasteiger partial charge on any atom is 0.416 e. The molecule has 2 aromatic carbocycles. The average molecular weight is 448 g/mol. The molecule has 1 amide bonds. The SMILES string of the molecule is O=C(CN1CCN(c2cccc(C(F)(F)F)c2)CC1)Nc1ccc(N2CCOCC2)cc1. The molecule has 2 heterocycles. The Kier molecular flexibility index (Phi) is 6.86. The second-order valence-electron chi connectivity index (χ2n) is 8.01. The zero-order valence-electron chi connectivity index (χ0n) is 17.8. The van der Waals surface area contributed by atoms with Gasteiger partial charge in [-0.3, -0.25) is 9.69 Å². The van der Waals surface area contributed by atoms with Gasteiger partial charge in [0.15, 0.2) is 0 Å². The van der Waals surface area contributed by atoms with E-state index in [1.807, 2.05) is 34.1 Å². The Balaban J connectivity index is 1.25. The molecule has 0 spiro atoms. The van der Waals surface area contributed by atoms with Crippen LogP contribution in [-0.2, 0) is 15.7 Å². The van der Waals surface area contributed by atoms with E-state index in [1.54, 1.807) is 6.07 Å². The van der Waals surface area contributed by atoms with E-state index in [0.29, 0.717) is 31.9 Å². The van der Waals surface area contributed by atoms with Crippen molar-refractivity contribution in [2.24, 2.45) is 0 Å². The largest absolute Gasteiger partial charge is 0.416 e. The molecule has 0 atom stereocenters. The Labute approximate surface area is 185 Å². The van der Waals surface area contributed by atoms with Gasteiger partial charge in [-0.1, -0.05) is 6.07 Å². The Hall–Kier alpha value is -2.78. The summed E-state index contributed by atoms with van der Waals surface area (Å²) in [5.41, 5.74) is 1.77. The molecular formula is C23H27F3N4O2. The molecule has 9 heteroatoms. The van der Waals surface area contributed by atoms with Gasteiger partial charge in [-0.2, -0.15) is 13.2 Å². The second-order valence-corrected chi connectivity index (χ2v) is 8.01. The van der Waals surface area contributed by atoms with Crippen molar-refractivity contribution >= 4 is 23.0 Å². The molecule has 2 fully saturated rings. The first-order valence-electron chi connectivity index (χ1n) is 10.8. The number of anilines is 3. The van der Waals surface area contributed by atoms with Crippen molar-refractivity contribution in [3.8, 4) is 0 Å². The van der Waals surface area contributed by atoms with Crippen molar-refractivity contribution in [3.05, 3.63) is 54.1 Å². The first-order valence-corrected chi connectivity index (χ1v) is 10.8. The number of piperazine rings is 1. The van der Waals surface area contributed by atoms with Crippen molar-refractivity contribution in [2.75, 3.05) is 74.1 Å². The molecule has 2 saturated heterocycles. The van der Waals surface area contributed by atoms with E-state index in [9.17, 15) is 18.0 Å². The topological polar surface area (TPSA) is 48.1 Å². The maximum atomic E-state index is 13.0. The highest BCUT2D eigenvalue weighted by atomic mass is 19.4. The van der Waals surface area contributed by atoms with E-state index in [-0.39, 0.29) is 12.5 Å². The van der Waals surface area contributed by atoms with Crippen LogP contribution in [0.5, 0.6) is 0 Å². The molecule has 32 heavy (non-hydrogen) atoms. The van der Waals surface area contributed by atoms with Crippen LogP contribution in [0.3, 0.4) is 0 Å². The van der Waals surface area contributed by atoms with Gasteiger partial charge in [-0.25, -0.2) is 0 Å². The van der Waals surface area contributed by atoms with Gasteiger partial charge in [0, 0.05) is 56.3 Å². The first-order chi connectivity index (χ1) is 15.4. The molecule has 172 valence electrons. The highest BCUT2D eigenvalue weighted by molar-refractivity contribution is 5.92. The molecule has 4 rings (SSSR count). The minimum absolute atomic E-state index is 0.100. The number of nitrogens with zero attached hydrogens (tertiary/aromatic N) is 3. The van der Waals surface area contributed by atoms with Crippen LogP contribution >= 0.6 is 0 Å². The highest BCUT2D eigenvalue weighted by Gasteiger charge is 2.31. The van der Waals surface area contributed by atoms with Crippen molar-refractivity contribution in [3.63, 3.8) is 0 Å². The zero-order valence-corrected chi connectivity index (χ0v) is 17.8. The van der Waals surface area contributed by atoms with Crippen LogP contribution in [0, 0.1) is 0 Å². The third-order valence-electron chi connectivity index (χ3n) is 5.81. The third-order valence-corrected chi connectivity index (χ3v) is 5.81. The van der Waals surface area contributed by atoms with Crippen LogP contribution in [0.2, 0.25) is 0 Å². The average Bonchev–Trinajstić information content (AvgIpc) is 2.80. The molecule has 0 bridgehead atoms. The lowest BCUT2D eigenvalue weighted by atomic mass is 10.1. The Bertz CT molecular complexity index is 906. The summed E-state index contributed by atoms with van der Waals surface area (Å²) in [6, 6.07) is 13.2. The van der Waals surface area contributed by atoms with E-state index in [4.69, 9.17) is 4.74 Å². The number of morpholine rings is 1. The number of hydrogen-bond acceptors (Lipinski definition) is 5. The van der Waals surface area contributed by atoms with E-state index in [0.717, 1.165) is 43.7 Å². The van der Waals surface area contributed by atoms with Crippen molar-refractivity contribution < 1.29 is 22.7 Å². The van der Waals surface area contributed by atoms with Gasteiger partial charge in [0.1, 0.15) is 0 Å². The Morgan fingerprint density at radius 1 is 0.875 bits per heavy atom. The fraction of sp³-hybridized carbons (Fsp3) is 0.435. The monoisotopic (exact) mass is 448 g/mol. The van der Waals surface area contributed by atoms with Crippen LogP contribution in [0.4, 0.5) is 30.2 Å². The highest BCUT2D eigenvalue weighted by Crippen LogP contribution is 2.31. The minimum Gasteiger partial charge on any atom is -0.378 e. The zero-order chi connectivity index (χ0) is 22.6. The normalized spacial score (nSPS) is 18.0. The number of halogens is 3. The van der Waals surface area contributed by atoms with Crippen LogP contribution < -0.4 is 15.1 Å². The van der Waals surface area contributed by atoms with Gasteiger partial charge in [0.05, 0.1) is 25.3 Å². The molecule has 6 nitrogen and oxygen atoms in total. The lowest BCUT2D eigenvalue weighted by Crippen LogP contribution is -2.48. The quantitative estimate of drug-likeness (QED) is 0.761. The van der Waals surface area contributed by atoms with E-state index >= 15 is 0 Å². The number of nitrogens with one attached hydrogen (secondary N) is 1. The van der Waals surface area contributed by atoms with Crippen LogP contribution in [-0.4, -0.2) is 69.8 Å². The lowest BCUT2D eigenvalue weighted by molar-refractivity contribution is -0.137. The molecule has 2 aromatic rings. The fourth-order valence-corrected chi connectivity index (χ4v) is 4.02. The number of amides is 1. The standard InChI is InChI=1S/C23H27F3N4O2/c24-23(25,26)18-2-1-3-21(16-18)29-10-8-28(9-11-29)17-22(31)27-19-4-6-20(7-5-19)30-12-14-32-15-13-30/h1-7,16H,8-15,17H2,(H,27,31). The summed E-state index contributed by atoms with van der Waals surface area (Å²) in [4.78, 5) is 18.6. The van der Waals surface area contributed by atoms with Crippen molar-refractivity contribution in [1.82, 2.24) is 4.90 Å². The van der Waals surface area contributed by atoms with Gasteiger partial charge in [-0.05, 0) is 42.5 Å². The van der Waals surface area contributed by atoms with Gasteiger partial charge < -0.3 is 19.9 Å². The minimum atomic E-state index is -4.35. The first kappa shape index (κ1) is 22.4.